The van der Waals surface area contributed by atoms with Gasteiger partial charge < -0.3 is 32.3 Å². The summed E-state index contributed by atoms with van der Waals surface area (Å²) in [5.74, 6) is -5.00. The predicted octanol–water partition coefficient (Wildman–Crippen LogP) is 5.85. The number of halogens is 6. The molecule has 0 spiro atoms. The summed E-state index contributed by atoms with van der Waals surface area (Å²) in [4.78, 5) is 44.9. The topological polar surface area (TPSA) is 206 Å². The van der Waals surface area contributed by atoms with Gasteiger partial charge in [0.25, 0.3) is 5.91 Å². The number of aryl methyl sites for hydroxylation is 1. The van der Waals surface area contributed by atoms with Crippen molar-refractivity contribution in [3.05, 3.63) is 77.6 Å². The number of aromatic nitrogens is 2. The molecule has 3 aromatic carbocycles. The monoisotopic (exact) mass is 723 g/mol. The van der Waals surface area contributed by atoms with E-state index in [1.165, 1.54) is 0 Å². The van der Waals surface area contributed by atoms with E-state index in [0.29, 0.717) is 11.3 Å². The molecule has 1 fully saturated rings. The number of hydrogen-bond acceptors (Lipinski definition) is 7. The van der Waals surface area contributed by atoms with Crippen LogP contribution in [0.3, 0.4) is 0 Å². The molecule has 3 atom stereocenters. The van der Waals surface area contributed by atoms with Gasteiger partial charge in [0, 0.05) is 5.39 Å². The van der Waals surface area contributed by atoms with Gasteiger partial charge in [0.15, 0.2) is 5.96 Å². The third kappa shape index (κ3) is 11.7. The number of benzene rings is 3. The first-order chi connectivity index (χ1) is 23.8. The Balaban J connectivity index is 0.000000424. The average Bonchev–Trinajstić information content (AvgIpc) is 3.05. The molecule has 51 heavy (non-hydrogen) atoms. The molecule has 1 aromatic heterocycles. The number of nitrogens with one attached hydrogen (secondary N) is 2. The molecular formula is C33H35F6N7O5. The highest BCUT2D eigenvalue weighted by atomic mass is 19.4. The van der Waals surface area contributed by atoms with Crippen molar-refractivity contribution in [2.75, 3.05) is 5.32 Å². The summed E-state index contributed by atoms with van der Waals surface area (Å²) >= 11 is 0. The zero-order chi connectivity index (χ0) is 38.1. The van der Waals surface area contributed by atoms with Crippen LogP contribution in [0.25, 0.3) is 21.7 Å². The predicted molar refractivity (Wildman–Crippen MR) is 177 cm³/mol. The van der Waals surface area contributed by atoms with Crippen LogP contribution in [0.1, 0.15) is 60.4 Å². The SMILES string of the molecule is Cc1ccc2nc(C(=O)NC(C)c3ccc4ccccc4c3)nc(NC3CCCCC3N=C(N)N)c2c1.O=C(O)C(F)(F)F.O=C(O)C(F)(F)F. The van der Waals surface area contributed by atoms with Gasteiger partial charge in [0.1, 0.15) is 5.82 Å². The number of carboxylic acid groups (broad SMARTS) is 2. The molecule has 0 bridgehead atoms. The number of fused-ring (bicyclic) bond motifs is 2. The van der Waals surface area contributed by atoms with Crippen LogP contribution in [0, 0.1) is 6.92 Å². The van der Waals surface area contributed by atoms with Crippen molar-refractivity contribution in [1.82, 2.24) is 15.3 Å². The lowest BCUT2D eigenvalue weighted by molar-refractivity contribution is -0.193. The number of alkyl halides is 6. The van der Waals surface area contributed by atoms with E-state index in [1.54, 1.807) is 0 Å². The fourth-order valence-electron chi connectivity index (χ4n) is 5.08. The number of carbonyl (C=O) groups excluding carboxylic acids is 1. The van der Waals surface area contributed by atoms with E-state index in [1.807, 2.05) is 50.2 Å². The molecule has 3 unspecified atom stereocenters. The fourth-order valence-corrected chi connectivity index (χ4v) is 5.08. The van der Waals surface area contributed by atoms with Crippen LogP contribution < -0.4 is 22.1 Å². The Morgan fingerprint density at radius 1 is 0.863 bits per heavy atom. The molecule has 18 heteroatoms. The lowest BCUT2D eigenvalue weighted by Gasteiger charge is -2.30. The molecule has 0 aliphatic heterocycles. The molecule has 1 aliphatic rings. The maximum absolute atomic E-state index is 13.3. The number of aliphatic carboxylic acids is 2. The molecule has 1 amide bonds. The van der Waals surface area contributed by atoms with Gasteiger partial charge in [0.05, 0.1) is 23.6 Å². The van der Waals surface area contributed by atoms with Gasteiger partial charge in [-0.05, 0) is 61.2 Å². The van der Waals surface area contributed by atoms with E-state index in [4.69, 9.17) is 36.3 Å². The first-order valence-electron chi connectivity index (χ1n) is 15.3. The van der Waals surface area contributed by atoms with Crippen LogP contribution in [0.15, 0.2) is 65.7 Å². The van der Waals surface area contributed by atoms with Crippen molar-refractivity contribution >= 4 is 51.3 Å². The van der Waals surface area contributed by atoms with Crippen molar-refractivity contribution in [2.24, 2.45) is 16.5 Å². The van der Waals surface area contributed by atoms with Crippen molar-refractivity contribution in [1.29, 1.82) is 0 Å². The summed E-state index contributed by atoms with van der Waals surface area (Å²) in [7, 11) is 0. The molecule has 0 saturated heterocycles. The van der Waals surface area contributed by atoms with E-state index >= 15 is 0 Å². The van der Waals surface area contributed by atoms with Gasteiger partial charge in [-0.15, -0.1) is 0 Å². The van der Waals surface area contributed by atoms with Crippen molar-refractivity contribution in [3.63, 3.8) is 0 Å². The molecule has 1 heterocycles. The number of guanidine groups is 1. The lowest BCUT2D eigenvalue weighted by Crippen LogP contribution is -2.38. The maximum Gasteiger partial charge on any atom is 0.490 e. The Bertz CT molecular complexity index is 1870. The number of rotatable bonds is 6. The number of carbonyl (C=O) groups is 3. The Labute approximate surface area is 287 Å². The highest BCUT2D eigenvalue weighted by Crippen LogP contribution is 2.28. The first-order valence-corrected chi connectivity index (χ1v) is 15.3. The number of nitrogens with zero attached hydrogens (tertiary/aromatic N) is 3. The minimum Gasteiger partial charge on any atom is -0.475 e. The minimum atomic E-state index is -5.08. The van der Waals surface area contributed by atoms with Gasteiger partial charge in [0.2, 0.25) is 5.82 Å². The molecule has 1 saturated carbocycles. The van der Waals surface area contributed by atoms with Gasteiger partial charge >= 0.3 is 24.3 Å². The van der Waals surface area contributed by atoms with Crippen molar-refractivity contribution in [3.8, 4) is 0 Å². The Kier molecular flexibility index (Phi) is 13.1. The molecule has 4 aromatic rings. The zero-order valence-corrected chi connectivity index (χ0v) is 27.2. The van der Waals surface area contributed by atoms with Crippen molar-refractivity contribution < 1.29 is 50.9 Å². The minimum absolute atomic E-state index is 0.0156. The second-order valence-corrected chi connectivity index (χ2v) is 11.5. The maximum atomic E-state index is 13.3. The van der Waals surface area contributed by atoms with E-state index in [9.17, 15) is 31.1 Å². The number of carboxylic acids is 2. The average molecular weight is 724 g/mol. The van der Waals surface area contributed by atoms with Crippen LogP contribution in [0.4, 0.5) is 32.2 Å². The summed E-state index contributed by atoms with van der Waals surface area (Å²) in [6.45, 7) is 3.99. The Hall–Kier alpha value is -5.68. The fraction of sp³-hybridized carbons (Fsp3) is 0.333. The number of hydrogen-bond donors (Lipinski definition) is 6. The molecule has 12 nitrogen and oxygen atoms in total. The molecule has 1 aliphatic carbocycles. The van der Waals surface area contributed by atoms with Gasteiger partial charge in [-0.2, -0.15) is 26.3 Å². The van der Waals surface area contributed by atoms with Crippen molar-refractivity contribution in [2.45, 2.75) is 70.0 Å². The summed E-state index contributed by atoms with van der Waals surface area (Å²) in [5.41, 5.74) is 14.2. The van der Waals surface area contributed by atoms with Gasteiger partial charge in [-0.1, -0.05) is 60.9 Å². The molecule has 0 radical (unpaired) electrons. The third-order valence-electron chi connectivity index (χ3n) is 7.53. The summed E-state index contributed by atoms with van der Waals surface area (Å²) < 4.78 is 63.5. The highest BCUT2D eigenvalue weighted by Gasteiger charge is 2.39. The van der Waals surface area contributed by atoms with Crippen LogP contribution >= 0.6 is 0 Å². The van der Waals surface area contributed by atoms with Crippen LogP contribution in [0.5, 0.6) is 0 Å². The van der Waals surface area contributed by atoms with Crippen LogP contribution in [-0.4, -0.2) is 68.4 Å². The van der Waals surface area contributed by atoms with E-state index in [-0.39, 0.29) is 35.8 Å². The molecule has 8 N–H and O–H groups in total. The largest absolute Gasteiger partial charge is 0.490 e. The van der Waals surface area contributed by atoms with E-state index in [0.717, 1.165) is 53.0 Å². The smallest absolute Gasteiger partial charge is 0.475 e. The van der Waals surface area contributed by atoms with E-state index < -0.39 is 24.3 Å². The normalized spacial score (nSPS) is 16.4. The third-order valence-corrected chi connectivity index (χ3v) is 7.53. The summed E-state index contributed by atoms with van der Waals surface area (Å²) in [6, 6.07) is 20.1. The van der Waals surface area contributed by atoms with Crippen LogP contribution in [-0.2, 0) is 9.59 Å². The highest BCUT2D eigenvalue weighted by molar-refractivity contribution is 5.97. The Morgan fingerprint density at radius 3 is 2.04 bits per heavy atom. The number of amides is 1. The summed E-state index contributed by atoms with van der Waals surface area (Å²) in [5, 5.41) is 24.0. The lowest BCUT2D eigenvalue weighted by atomic mass is 9.90. The second-order valence-electron chi connectivity index (χ2n) is 11.5. The van der Waals surface area contributed by atoms with Crippen LogP contribution in [0.2, 0.25) is 0 Å². The molecular weight excluding hydrogens is 688 g/mol. The number of anilines is 1. The molecule has 274 valence electrons. The number of aliphatic imine (C=N–C) groups is 1. The zero-order valence-electron chi connectivity index (χ0n) is 27.2. The quantitative estimate of drug-likeness (QED) is 0.0796. The van der Waals surface area contributed by atoms with Gasteiger partial charge in [-0.3, -0.25) is 4.79 Å². The summed E-state index contributed by atoms with van der Waals surface area (Å²) in [6.07, 6.45) is -6.20. The molecule has 5 rings (SSSR count). The first kappa shape index (κ1) is 39.8. The Morgan fingerprint density at radius 2 is 1.45 bits per heavy atom. The second kappa shape index (κ2) is 16.8. The standard InChI is InChI=1S/C29H33N7O.2C2HF3O2/c1-17-11-14-23-22(15-17)26(34-24-9-5-6-10-25(24)35-29(30)31)36-27(33-23)28(37)32-18(2)20-13-12-19-7-3-4-8-21(19)16-20;2*3-2(4,5)1(6)7/h3-4,7-8,11-16,18,24-25H,5-6,9-10H2,1-2H3,(H,32,37)(H4,30,31,35)(H,33,34,36);2*(H,6,7). The van der Waals surface area contributed by atoms with E-state index in [2.05, 4.69) is 44.9 Å². The van der Waals surface area contributed by atoms with Gasteiger partial charge in [-0.25, -0.2) is 24.5 Å². The number of nitrogens with two attached hydrogens (primary N) is 2.